The van der Waals surface area contributed by atoms with Crippen molar-refractivity contribution in [3.63, 3.8) is 0 Å². The normalized spacial score (nSPS) is 23.1. The zero-order chi connectivity index (χ0) is 17.3. The molecule has 2 heterocycles. The summed E-state index contributed by atoms with van der Waals surface area (Å²) in [6.45, 7) is 4.57. The van der Waals surface area contributed by atoms with Crippen LogP contribution in [0.25, 0.3) is 0 Å². The Bertz CT molecular complexity index is 713. The van der Waals surface area contributed by atoms with Gasteiger partial charge in [0.1, 0.15) is 11.9 Å². The fraction of sp³-hybridized carbons (Fsp3) is 0.444. The molecular formula is C18H20FN3O2. The number of hydrogen-bond donors (Lipinski definition) is 1. The third kappa shape index (κ3) is 2.55. The molecule has 0 radical (unpaired) electrons. The van der Waals surface area contributed by atoms with Crippen molar-refractivity contribution in [2.75, 3.05) is 19.6 Å². The Morgan fingerprint density at radius 2 is 2.04 bits per heavy atom. The minimum Gasteiger partial charge on any atom is -0.466 e. The summed E-state index contributed by atoms with van der Waals surface area (Å²) < 4.78 is 18.8. The molecule has 6 heteroatoms. The maximum Gasteiger partial charge on any atom is 0.204 e. The number of piperidine rings is 1. The van der Waals surface area contributed by atoms with E-state index in [1.54, 1.807) is 0 Å². The number of carbonyl (C=O) groups excluding carboxylic acids is 1. The molecule has 0 amide bonds. The molecule has 1 fully saturated rings. The molecule has 0 saturated carbocycles. The molecule has 0 aromatic heterocycles. The van der Waals surface area contributed by atoms with E-state index >= 15 is 0 Å². The molecule has 5 nitrogen and oxygen atoms in total. The fourth-order valence-corrected chi connectivity index (χ4v) is 3.69. The number of rotatable bonds is 3. The molecule has 0 unspecified atom stereocenters. The van der Waals surface area contributed by atoms with Crippen LogP contribution in [0.3, 0.4) is 0 Å². The van der Waals surface area contributed by atoms with Crippen LogP contribution in [0.5, 0.6) is 0 Å². The average Bonchev–Trinajstić information content (AvgIpc) is 2.87. The van der Waals surface area contributed by atoms with Crippen LogP contribution in [-0.4, -0.2) is 36.4 Å². The monoisotopic (exact) mass is 329 g/mol. The van der Waals surface area contributed by atoms with Gasteiger partial charge in [0.05, 0.1) is 11.0 Å². The smallest absolute Gasteiger partial charge is 0.204 e. The Morgan fingerprint density at radius 3 is 2.58 bits per heavy atom. The van der Waals surface area contributed by atoms with E-state index in [0.29, 0.717) is 24.0 Å². The Morgan fingerprint density at radius 1 is 1.42 bits per heavy atom. The van der Waals surface area contributed by atoms with Crippen molar-refractivity contribution in [3.8, 4) is 6.07 Å². The van der Waals surface area contributed by atoms with E-state index in [-0.39, 0.29) is 11.7 Å². The van der Waals surface area contributed by atoms with E-state index in [4.69, 9.17) is 10.5 Å². The van der Waals surface area contributed by atoms with Gasteiger partial charge in [-0.2, -0.15) is 5.26 Å². The molecule has 2 N–H and O–H groups in total. The zero-order valence-electron chi connectivity index (χ0n) is 13.6. The summed E-state index contributed by atoms with van der Waals surface area (Å²) in [5.41, 5.74) is 5.96. The number of ketones is 1. The first-order chi connectivity index (χ1) is 11.5. The third-order valence-electron chi connectivity index (χ3n) is 5.17. The van der Waals surface area contributed by atoms with Gasteiger partial charge in [-0.3, -0.25) is 4.79 Å². The van der Waals surface area contributed by atoms with Crippen LogP contribution in [0, 0.1) is 22.6 Å². The molecule has 24 heavy (non-hydrogen) atoms. The molecular weight excluding hydrogens is 309 g/mol. The first kappa shape index (κ1) is 16.5. The third-order valence-corrected chi connectivity index (χ3v) is 5.17. The number of nitrogens with two attached hydrogens (primary N) is 1. The number of nitriles is 1. The summed E-state index contributed by atoms with van der Waals surface area (Å²) in [5.74, 6) is -0.615. The van der Waals surface area contributed by atoms with Crippen LogP contribution in [-0.2, 0) is 4.74 Å². The van der Waals surface area contributed by atoms with Gasteiger partial charge in [0.2, 0.25) is 5.78 Å². The van der Waals surface area contributed by atoms with Gasteiger partial charge in [0.25, 0.3) is 0 Å². The van der Waals surface area contributed by atoms with Gasteiger partial charge in [-0.05, 0) is 56.7 Å². The van der Waals surface area contributed by atoms with Crippen molar-refractivity contribution in [1.29, 1.82) is 5.26 Å². The standard InChI is InChI=1S/C18H20FN3O2/c1-2-22-9-7-18(8-10-22)14(11-20)17(21)24-16(18)15(23)12-3-5-13(19)6-4-12/h3-6,16H,2,7-10,21H2,1H3/t16-/m0/s1. The van der Waals surface area contributed by atoms with Gasteiger partial charge in [0.15, 0.2) is 12.0 Å². The van der Waals surface area contributed by atoms with E-state index in [9.17, 15) is 14.4 Å². The van der Waals surface area contributed by atoms with Gasteiger partial charge >= 0.3 is 0 Å². The van der Waals surface area contributed by atoms with Crippen molar-refractivity contribution in [2.45, 2.75) is 25.9 Å². The topological polar surface area (TPSA) is 79.3 Å². The molecule has 0 aliphatic carbocycles. The van der Waals surface area contributed by atoms with Crippen LogP contribution < -0.4 is 5.73 Å². The second-order valence-corrected chi connectivity index (χ2v) is 6.31. The molecule has 1 aromatic rings. The Hall–Kier alpha value is -2.39. The predicted molar refractivity (Wildman–Crippen MR) is 86.2 cm³/mol. The predicted octanol–water partition coefficient (Wildman–Crippen LogP) is 2.20. The molecule has 2 aliphatic rings. The number of ether oxygens (including phenoxy) is 1. The molecule has 126 valence electrons. The Kier molecular flexibility index (Phi) is 4.29. The zero-order valence-corrected chi connectivity index (χ0v) is 13.6. The highest BCUT2D eigenvalue weighted by Gasteiger charge is 2.55. The van der Waals surface area contributed by atoms with Gasteiger partial charge < -0.3 is 15.4 Å². The molecule has 1 saturated heterocycles. The minimum absolute atomic E-state index is 0.0444. The highest BCUT2D eigenvalue weighted by molar-refractivity contribution is 6.01. The number of likely N-dealkylation sites (tertiary alicyclic amines) is 1. The molecule has 0 bridgehead atoms. The van der Waals surface area contributed by atoms with E-state index in [2.05, 4.69) is 17.9 Å². The summed E-state index contributed by atoms with van der Waals surface area (Å²) in [6.07, 6.45) is 0.459. The van der Waals surface area contributed by atoms with Gasteiger partial charge in [0, 0.05) is 5.56 Å². The van der Waals surface area contributed by atoms with Crippen molar-refractivity contribution in [2.24, 2.45) is 11.1 Å². The summed E-state index contributed by atoms with van der Waals surface area (Å²) >= 11 is 0. The first-order valence-corrected chi connectivity index (χ1v) is 8.11. The lowest BCUT2D eigenvalue weighted by Gasteiger charge is -2.40. The number of Topliss-reactive ketones (excluding diaryl/α,β-unsaturated/α-hetero) is 1. The van der Waals surface area contributed by atoms with Crippen molar-refractivity contribution in [1.82, 2.24) is 4.90 Å². The SMILES string of the molecule is CCN1CCC2(CC1)C(C#N)=C(N)O[C@H]2C(=O)c1ccc(F)cc1. The largest absolute Gasteiger partial charge is 0.466 e. The quantitative estimate of drug-likeness (QED) is 0.860. The Balaban J connectivity index is 1.94. The summed E-state index contributed by atoms with van der Waals surface area (Å²) in [7, 11) is 0. The second-order valence-electron chi connectivity index (χ2n) is 6.31. The number of halogens is 1. The lowest BCUT2D eigenvalue weighted by molar-refractivity contribution is 0.0184. The molecule has 1 spiro atoms. The van der Waals surface area contributed by atoms with E-state index in [0.717, 1.165) is 19.6 Å². The summed E-state index contributed by atoms with van der Waals surface area (Å²) in [5, 5.41) is 9.54. The molecule has 1 atom stereocenters. The number of hydrogen-bond acceptors (Lipinski definition) is 5. The van der Waals surface area contributed by atoms with E-state index in [1.165, 1.54) is 24.3 Å². The lowest BCUT2D eigenvalue weighted by Crippen LogP contribution is -2.48. The van der Waals surface area contributed by atoms with Gasteiger partial charge in [-0.1, -0.05) is 6.92 Å². The maximum atomic E-state index is 13.1. The minimum atomic E-state index is -0.823. The van der Waals surface area contributed by atoms with Crippen molar-refractivity contribution >= 4 is 5.78 Å². The van der Waals surface area contributed by atoms with Gasteiger partial charge in [-0.15, -0.1) is 0 Å². The number of benzene rings is 1. The van der Waals surface area contributed by atoms with Crippen molar-refractivity contribution < 1.29 is 13.9 Å². The maximum absolute atomic E-state index is 13.1. The molecule has 3 rings (SSSR count). The van der Waals surface area contributed by atoms with Crippen LogP contribution in [0.2, 0.25) is 0 Å². The average molecular weight is 329 g/mol. The fourth-order valence-electron chi connectivity index (χ4n) is 3.69. The van der Waals surface area contributed by atoms with Crippen LogP contribution in [0.4, 0.5) is 4.39 Å². The van der Waals surface area contributed by atoms with Crippen LogP contribution >= 0.6 is 0 Å². The molecule has 1 aromatic carbocycles. The highest BCUT2D eigenvalue weighted by atomic mass is 19.1. The first-order valence-electron chi connectivity index (χ1n) is 8.11. The Labute approximate surface area is 140 Å². The highest BCUT2D eigenvalue weighted by Crippen LogP contribution is 2.49. The van der Waals surface area contributed by atoms with Crippen LogP contribution in [0.1, 0.15) is 30.1 Å². The van der Waals surface area contributed by atoms with E-state index < -0.39 is 17.3 Å². The van der Waals surface area contributed by atoms with Crippen LogP contribution in [0.15, 0.2) is 35.7 Å². The summed E-state index contributed by atoms with van der Waals surface area (Å²) in [6, 6.07) is 7.53. The van der Waals surface area contributed by atoms with Gasteiger partial charge in [-0.25, -0.2) is 4.39 Å². The van der Waals surface area contributed by atoms with E-state index in [1.807, 2.05) is 0 Å². The second kappa shape index (κ2) is 6.25. The van der Waals surface area contributed by atoms with Crippen molar-refractivity contribution in [3.05, 3.63) is 47.1 Å². The number of nitrogens with zero attached hydrogens (tertiary/aromatic N) is 2. The lowest BCUT2D eigenvalue weighted by atomic mass is 9.68. The summed E-state index contributed by atoms with van der Waals surface area (Å²) in [4.78, 5) is 15.2. The molecule has 2 aliphatic heterocycles. The number of carbonyl (C=O) groups is 1.